The first kappa shape index (κ1) is 20.7. The van der Waals surface area contributed by atoms with Gasteiger partial charge < -0.3 is 5.11 Å². The zero-order chi connectivity index (χ0) is 8.81. The van der Waals surface area contributed by atoms with Crippen LogP contribution >= 0.6 is 24.8 Å². The molecule has 1 nitrogen and oxygen atoms in total. The van der Waals surface area contributed by atoms with Crippen molar-refractivity contribution in [3.63, 3.8) is 0 Å². The van der Waals surface area contributed by atoms with Crippen LogP contribution in [-0.4, -0.2) is 5.11 Å². The molecule has 1 aromatic carbocycles. The van der Waals surface area contributed by atoms with Gasteiger partial charge in [-0.2, -0.15) is 0 Å². The van der Waals surface area contributed by atoms with E-state index in [0.29, 0.717) is 5.75 Å². The SMILES string of the molecule is CCCCCc1cccc(O)c1.Cl.Cl.[Ti]. The van der Waals surface area contributed by atoms with Gasteiger partial charge in [-0.3, -0.25) is 0 Å². The van der Waals surface area contributed by atoms with Crippen LogP contribution in [0.25, 0.3) is 0 Å². The zero-order valence-electron chi connectivity index (χ0n) is 8.90. The van der Waals surface area contributed by atoms with E-state index in [2.05, 4.69) is 13.0 Å². The second-order valence-corrected chi connectivity index (χ2v) is 3.13. The molecule has 0 aliphatic carbocycles. The van der Waals surface area contributed by atoms with E-state index in [1.165, 1.54) is 24.8 Å². The van der Waals surface area contributed by atoms with Crippen LogP contribution in [0.15, 0.2) is 24.3 Å². The Hall–Kier alpha value is 0.314. The van der Waals surface area contributed by atoms with Gasteiger partial charge in [0, 0.05) is 21.7 Å². The summed E-state index contributed by atoms with van der Waals surface area (Å²) in [6.45, 7) is 2.20. The summed E-state index contributed by atoms with van der Waals surface area (Å²) < 4.78 is 0. The average Bonchev–Trinajstić information content (AvgIpc) is 2.05. The predicted octanol–water partition coefficient (Wildman–Crippen LogP) is 3.97. The van der Waals surface area contributed by atoms with E-state index in [1.807, 2.05) is 12.1 Å². The van der Waals surface area contributed by atoms with Gasteiger partial charge in [-0.15, -0.1) is 24.8 Å². The van der Waals surface area contributed by atoms with Crippen LogP contribution in [-0.2, 0) is 28.1 Å². The Labute approximate surface area is 119 Å². The summed E-state index contributed by atoms with van der Waals surface area (Å²) in [6, 6.07) is 7.52. The van der Waals surface area contributed by atoms with E-state index in [0.717, 1.165) is 6.42 Å². The third kappa shape index (κ3) is 9.26. The number of phenols is 1. The Bertz CT molecular complexity index is 244. The Morgan fingerprint density at radius 2 is 1.80 bits per heavy atom. The summed E-state index contributed by atoms with van der Waals surface area (Å²) in [7, 11) is 0. The number of rotatable bonds is 4. The third-order valence-electron chi connectivity index (χ3n) is 1.98. The molecule has 0 aromatic heterocycles. The molecule has 0 fully saturated rings. The molecule has 1 rings (SSSR count). The summed E-state index contributed by atoms with van der Waals surface area (Å²) >= 11 is 0. The molecule has 86 valence electrons. The summed E-state index contributed by atoms with van der Waals surface area (Å²) in [5.74, 6) is 0.379. The van der Waals surface area contributed by atoms with Crippen molar-refractivity contribution in [2.45, 2.75) is 32.6 Å². The summed E-state index contributed by atoms with van der Waals surface area (Å²) in [5, 5.41) is 9.17. The van der Waals surface area contributed by atoms with Crippen molar-refractivity contribution in [2.75, 3.05) is 0 Å². The van der Waals surface area contributed by atoms with Crippen LogP contribution in [0.1, 0.15) is 31.7 Å². The summed E-state index contributed by atoms with van der Waals surface area (Å²) in [5.41, 5.74) is 1.24. The van der Waals surface area contributed by atoms with Crippen molar-refractivity contribution < 1.29 is 26.8 Å². The van der Waals surface area contributed by atoms with Gasteiger partial charge in [-0.05, 0) is 30.5 Å². The van der Waals surface area contributed by atoms with Crippen LogP contribution in [0.4, 0.5) is 0 Å². The number of hydrogen-bond acceptors (Lipinski definition) is 1. The fourth-order valence-corrected chi connectivity index (χ4v) is 1.29. The molecule has 15 heavy (non-hydrogen) atoms. The molecule has 0 aliphatic heterocycles. The largest absolute Gasteiger partial charge is 0.508 e. The van der Waals surface area contributed by atoms with E-state index >= 15 is 0 Å². The van der Waals surface area contributed by atoms with Crippen molar-refractivity contribution in [3.05, 3.63) is 29.8 Å². The van der Waals surface area contributed by atoms with E-state index in [1.54, 1.807) is 6.07 Å². The quantitative estimate of drug-likeness (QED) is 0.655. The number of aryl methyl sites for hydroxylation is 1. The standard InChI is InChI=1S/C11H16O.2ClH.Ti/c1-2-3-4-6-10-7-5-8-11(12)9-10;;;/h5,7-9,12H,2-4,6H2,1H3;2*1H;. The molecular weight excluding hydrogens is 267 g/mol. The molecule has 0 saturated heterocycles. The van der Waals surface area contributed by atoms with Crippen molar-refractivity contribution >= 4 is 24.8 Å². The molecular formula is C11H18Cl2OTi. The van der Waals surface area contributed by atoms with E-state index < -0.39 is 0 Å². The molecule has 0 heterocycles. The van der Waals surface area contributed by atoms with Gasteiger partial charge in [0.2, 0.25) is 0 Å². The fraction of sp³-hybridized carbons (Fsp3) is 0.455. The number of halogens is 2. The average molecular weight is 285 g/mol. The first-order chi connectivity index (χ1) is 5.83. The van der Waals surface area contributed by atoms with Crippen molar-refractivity contribution in [3.8, 4) is 5.75 Å². The van der Waals surface area contributed by atoms with Gasteiger partial charge in [0.15, 0.2) is 0 Å². The van der Waals surface area contributed by atoms with Crippen molar-refractivity contribution in [1.29, 1.82) is 0 Å². The Morgan fingerprint density at radius 1 is 1.13 bits per heavy atom. The number of phenolic OH excluding ortho intramolecular Hbond substituents is 1. The van der Waals surface area contributed by atoms with Gasteiger partial charge in [-0.1, -0.05) is 31.9 Å². The van der Waals surface area contributed by atoms with Crippen LogP contribution < -0.4 is 0 Å². The molecule has 0 aliphatic rings. The van der Waals surface area contributed by atoms with Crippen LogP contribution in [0, 0.1) is 0 Å². The molecule has 0 atom stereocenters. The molecule has 1 aromatic rings. The topological polar surface area (TPSA) is 20.2 Å². The zero-order valence-corrected chi connectivity index (χ0v) is 12.1. The van der Waals surface area contributed by atoms with Gasteiger partial charge in [-0.25, -0.2) is 0 Å². The van der Waals surface area contributed by atoms with E-state index in [-0.39, 0.29) is 46.5 Å². The minimum absolute atomic E-state index is 0. The normalized spacial score (nSPS) is 8.07. The first-order valence-electron chi connectivity index (χ1n) is 4.61. The number of benzene rings is 1. The Balaban J connectivity index is -0.000000480. The van der Waals surface area contributed by atoms with Gasteiger partial charge in [0.1, 0.15) is 5.75 Å². The molecule has 0 radical (unpaired) electrons. The maximum Gasteiger partial charge on any atom is 0.115 e. The minimum atomic E-state index is 0. The third-order valence-corrected chi connectivity index (χ3v) is 1.98. The maximum absolute atomic E-state index is 9.17. The maximum atomic E-state index is 9.17. The van der Waals surface area contributed by atoms with E-state index in [9.17, 15) is 0 Å². The summed E-state index contributed by atoms with van der Waals surface area (Å²) in [4.78, 5) is 0. The number of aromatic hydroxyl groups is 1. The van der Waals surface area contributed by atoms with Crippen molar-refractivity contribution in [1.82, 2.24) is 0 Å². The smallest absolute Gasteiger partial charge is 0.115 e. The number of unbranched alkanes of at least 4 members (excludes halogenated alkanes) is 2. The first-order valence-corrected chi connectivity index (χ1v) is 4.61. The predicted molar refractivity (Wildman–Crippen MR) is 65.8 cm³/mol. The molecule has 0 spiro atoms. The molecule has 0 bridgehead atoms. The Morgan fingerprint density at radius 3 is 2.33 bits per heavy atom. The summed E-state index contributed by atoms with van der Waals surface area (Å²) in [6.07, 6.45) is 4.83. The van der Waals surface area contributed by atoms with Crippen LogP contribution in [0.5, 0.6) is 5.75 Å². The van der Waals surface area contributed by atoms with Gasteiger partial charge in [0.25, 0.3) is 0 Å². The molecule has 1 N–H and O–H groups in total. The number of hydrogen-bond donors (Lipinski definition) is 1. The molecule has 0 amide bonds. The molecule has 0 unspecified atom stereocenters. The van der Waals surface area contributed by atoms with E-state index in [4.69, 9.17) is 5.11 Å². The monoisotopic (exact) mass is 284 g/mol. The van der Waals surface area contributed by atoms with Crippen molar-refractivity contribution in [2.24, 2.45) is 0 Å². The van der Waals surface area contributed by atoms with Gasteiger partial charge >= 0.3 is 0 Å². The minimum Gasteiger partial charge on any atom is -0.508 e. The molecule has 0 saturated carbocycles. The molecule has 4 heteroatoms. The second-order valence-electron chi connectivity index (χ2n) is 3.13. The van der Waals surface area contributed by atoms with Crippen LogP contribution in [0.2, 0.25) is 0 Å². The Kier molecular flexibility index (Phi) is 17.1. The van der Waals surface area contributed by atoms with Crippen LogP contribution in [0.3, 0.4) is 0 Å². The fourth-order valence-electron chi connectivity index (χ4n) is 1.29. The van der Waals surface area contributed by atoms with Gasteiger partial charge in [0.05, 0.1) is 0 Å². The second kappa shape index (κ2) is 12.4.